The zero-order valence-electron chi connectivity index (χ0n) is 5.06. The van der Waals surface area contributed by atoms with Crippen molar-refractivity contribution in [1.82, 2.24) is 0 Å². The smallest absolute Gasteiger partial charge is 1.00 e. The molecule has 32 valence electrons. The summed E-state index contributed by atoms with van der Waals surface area (Å²) in [6.07, 6.45) is 0. The van der Waals surface area contributed by atoms with Crippen LogP contribution in [0.3, 0.4) is 0 Å². The van der Waals surface area contributed by atoms with Gasteiger partial charge in [-0.05, 0) is 6.92 Å². The molecule has 0 aliphatic rings. The fourth-order valence-electron chi connectivity index (χ4n) is 0. The summed E-state index contributed by atoms with van der Waals surface area (Å²) in [7, 11) is 0. The van der Waals surface area contributed by atoms with Crippen molar-refractivity contribution in [2.24, 2.45) is 0 Å². The molecule has 6 heavy (non-hydrogen) atoms. The molecule has 0 fully saturated rings. The maximum absolute atomic E-state index is 9.74. The Morgan fingerprint density at radius 3 is 2.17 bits per heavy atom. The third-order valence-electron chi connectivity index (χ3n) is 0.223. The molecule has 0 saturated carbocycles. The molecule has 0 spiro atoms. The van der Waals surface area contributed by atoms with Crippen molar-refractivity contribution in [3.63, 3.8) is 0 Å². The second-order valence-electron chi connectivity index (χ2n) is 0.860. The van der Waals surface area contributed by atoms with E-state index in [2.05, 4.69) is 12.6 Å². The third-order valence-corrected chi connectivity index (χ3v) is 0.668. The summed E-state index contributed by atoms with van der Waals surface area (Å²) in [5.74, 6) is 0.480. The Morgan fingerprint density at radius 1 is 2.00 bits per heavy atom. The number of thiol groups is 1. The Bertz CT molecular complexity index is 50.2. The zero-order valence-corrected chi connectivity index (χ0v) is 6.96. The van der Waals surface area contributed by atoms with Gasteiger partial charge >= 0.3 is 29.6 Å². The third kappa shape index (κ3) is 8.89. The van der Waals surface area contributed by atoms with E-state index in [4.69, 9.17) is 0 Å². The Hall–Kier alpha value is 1.02. The molecule has 0 N–H and O–H groups in total. The van der Waals surface area contributed by atoms with E-state index in [1.54, 1.807) is 0 Å². The maximum Gasteiger partial charge on any atom is 1.00 e. The number of carbonyl (C=O) groups excluding carboxylic acids is 1. The van der Waals surface area contributed by atoms with E-state index in [1.165, 1.54) is 6.92 Å². The van der Waals surface area contributed by atoms with Crippen LogP contribution in [-0.2, 0) is 4.79 Å². The van der Waals surface area contributed by atoms with Crippen molar-refractivity contribution >= 4 is 18.4 Å². The number of hydrogen-bond acceptors (Lipinski definition) is 2. The van der Waals surface area contributed by atoms with Crippen LogP contribution in [0.2, 0.25) is 0 Å². The van der Waals surface area contributed by atoms with E-state index < -0.39 is 0 Å². The SMILES string of the molecule is CC(=O)CS.[H-].[Na+]. The monoisotopic (exact) mass is 114 g/mol. The Kier molecular flexibility index (Phi) is 10.1. The molecule has 0 heterocycles. The van der Waals surface area contributed by atoms with Crippen LogP contribution in [0.4, 0.5) is 0 Å². The Labute approximate surface area is 66.7 Å². The summed E-state index contributed by atoms with van der Waals surface area (Å²) in [6.45, 7) is 1.51. The second kappa shape index (κ2) is 6.02. The van der Waals surface area contributed by atoms with Gasteiger partial charge in [-0.1, -0.05) is 0 Å². The average molecular weight is 114 g/mol. The van der Waals surface area contributed by atoms with Crippen molar-refractivity contribution in [2.75, 3.05) is 5.75 Å². The maximum atomic E-state index is 9.74. The molecule has 0 aromatic carbocycles. The number of Topliss-reactive ketones (excluding diaryl/α,β-unsaturated/α-hetero) is 1. The van der Waals surface area contributed by atoms with Crippen LogP contribution in [0.1, 0.15) is 8.35 Å². The molecule has 0 radical (unpaired) electrons. The van der Waals surface area contributed by atoms with Crippen LogP contribution in [-0.4, -0.2) is 11.5 Å². The van der Waals surface area contributed by atoms with Gasteiger partial charge in [0.1, 0.15) is 5.78 Å². The summed E-state index contributed by atoms with van der Waals surface area (Å²) < 4.78 is 0. The molecule has 1 nitrogen and oxygen atoms in total. The van der Waals surface area contributed by atoms with Gasteiger partial charge in [0.15, 0.2) is 0 Å². The topological polar surface area (TPSA) is 17.1 Å². The van der Waals surface area contributed by atoms with Crippen molar-refractivity contribution in [3.05, 3.63) is 0 Å². The molecule has 0 rings (SSSR count). The second-order valence-corrected chi connectivity index (χ2v) is 1.18. The number of ketones is 1. The molecule has 0 aromatic heterocycles. The molecule has 0 unspecified atom stereocenters. The molecule has 0 aliphatic carbocycles. The number of rotatable bonds is 1. The largest absolute Gasteiger partial charge is 1.00 e. The minimum absolute atomic E-state index is 0. The van der Waals surface area contributed by atoms with Crippen LogP contribution in [0.25, 0.3) is 0 Å². The molecule has 0 bridgehead atoms. The summed E-state index contributed by atoms with van der Waals surface area (Å²) in [5.41, 5.74) is 0. The Balaban J connectivity index is -0.0000000800. The fraction of sp³-hybridized carbons (Fsp3) is 0.667. The van der Waals surface area contributed by atoms with Gasteiger partial charge in [-0.3, -0.25) is 4.79 Å². The van der Waals surface area contributed by atoms with Gasteiger partial charge in [-0.15, -0.1) is 0 Å². The van der Waals surface area contributed by atoms with Gasteiger partial charge in [0.2, 0.25) is 0 Å². The first-order valence-corrected chi connectivity index (χ1v) is 2.01. The van der Waals surface area contributed by atoms with Gasteiger partial charge in [0.05, 0.1) is 0 Å². The minimum atomic E-state index is 0. The predicted octanol–water partition coefficient (Wildman–Crippen LogP) is -2.38. The molecule has 0 atom stereocenters. The summed E-state index contributed by atoms with van der Waals surface area (Å²) >= 11 is 3.67. The van der Waals surface area contributed by atoms with Crippen molar-refractivity contribution in [3.8, 4) is 0 Å². The molecule has 0 aromatic rings. The van der Waals surface area contributed by atoms with Crippen LogP contribution in [0.5, 0.6) is 0 Å². The van der Waals surface area contributed by atoms with Crippen LogP contribution < -0.4 is 29.6 Å². The fourth-order valence-corrected chi connectivity index (χ4v) is 0. The standard InChI is InChI=1S/C3H6OS.Na.H/c1-3(4)2-5;;/h5H,2H2,1H3;;/q;+1;-1. The van der Waals surface area contributed by atoms with E-state index in [-0.39, 0.29) is 36.8 Å². The van der Waals surface area contributed by atoms with Gasteiger partial charge in [-0.2, -0.15) is 12.6 Å². The molecular weight excluding hydrogens is 107 g/mol. The minimum Gasteiger partial charge on any atom is -1.00 e. The summed E-state index contributed by atoms with van der Waals surface area (Å²) in [5, 5.41) is 0. The summed E-state index contributed by atoms with van der Waals surface area (Å²) in [4.78, 5) is 9.74. The average Bonchev–Trinajstić information content (AvgIpc) is 1.38. The van der Waals surface area contributed by atoms with Crippen LogP contribution >= 0.6 is 12.6 Å². The van der Waals surface area contributed by atoms with Gasteiger partial charge in [-0.25, -0.2) is 0 Å². The van der Waals surface area contributed by atoms with Gasteiger partial charge in [0, 0.05) is 5.75 Å². The molecule has 0 amide bonds. The van der Waals surface area contributed by atoms with Crippen molar-refractivity contribution in [2.45, 2.75) is 6.92 Å². The number of hydrogen-bond donors (Lipinski definition) is 1. The molecule has 3 heteroatoms. The normalized spacial score (nSPS) is 6.33. The van der Waals surface area contributed by atoms with E-state index in [0.717, 1.165) is 0 Å². The first kappa shape index (κ1) is 10.1. The van der Waals surface area contributed by atoms with Crippen LogP contribution in [0.15, 0.2) is 0 Å². The van der Waals surface area contributed by atoms with Crippen LogP contribution in [0, 0.1) is 0 Å². The zero-order chi connectivity index (χ0) is 4.28. The van der Waals surface area contributed by atoms with Gasteiger partial charge < -0.3 is 1.43 Å². The first-order valence-electron chi connectivity index (χ1n) is 1.37. The van der Waals surface area contributed by atoms with E-state index in [9.17, 15) is 4.79 Å². The van der Waals surface area contributed by atoms with Gasteiger partial charge in [0.25, 0.3) is 0 Å². The molecular formula is C3H7NaOS. The first-order chi connectivity index (χ1) is 2.27. The van der Waals surface area contributed by atoms with E-state index >= 15 is 0 Å². The Morgan fingerprint density at radius 2 is 2.17 bits per heavy atom. The number of carbonyl (C=O) groups is 1. The predicted molar refractivity (Wildman–Crippen MR) is 25.6 cm³/mol. The quantitative estimate of drug-likeness (QED) is 0.297. The molecule has 0 aliphatic heterocycles. The summed E-state index contributed by atoms with van der Waals surface area (Å²) in [6, 6.07) is 0. The van der Waals surface area contributed by atoms with Crippen molar-refractivity contribution < 1.29 is 35.8 Å². The van der Waals surface area contributed by atoms with Crippen molar-refractivity contribution in [1.29, 1.82) is 0 Å². The molecule has 0 saturated heterocycles. The van der Waals surface area contributed by atoms with E-state index in [1.807, 2.05) is 0 Å². The van der Waals surface area contributed by atoms with E-state index in [0.29, 0.717) is 5.75 Å².